The van der Waals surface area contributed by atoms with Gasteiger partial charge in [-0.05, 0) is 31.4 Å². The van der Waals surface area contributed by atoms with Crippen LogP contribution in [-0.4, -0.2) is 77.3 Å². The number of aromatic nitrogens is 4. The molecule has 0 aliphatic carbocycles. The molecule has 0 amide bonds. The number of rotatable bonds is 18. The van der Waals surface area contributed by atoms with Gasteiger partial charge in [-0.15, -0.1) is 0 Å². The molecule has 4 N–H and O–H groups in total. The number of benzene rings is 1. The highest BCUT2D eigenvalue weighted by atomic mass is 31.2. The number of nitrogens with one attached hydrogen (secondary N) is 1. The summed E-state index contributed by atoms with van der Waals surface area (Å²) in [6.07, 6.45) is 3.21. The minimum absolute atomic E-state index is 0.0127. The average molecular weight is 581 g/mol. The van der Waals surface area contributed by atoms with Crippen LogP contribution in [-0.2, 0) is 23.4 Å². The van der Waals surface area contributed by atoms with E-state index >= 15 is 0 Å². The molecule has 14 nitrogen and oxygen atoms in total. The molecule has 3 atom stereocenters. The van der Waals surface area contributed by atoms with Crippen molar-refractivity contribution in [1.82, 2.24) is 24.6 Å². The van der Waals surface area contributed by atoms with Gasteiger partial charge in [0.25, 0.3) is 0 Å². The number of aliphatic hydroxyl groups excluding tert-OH is 1. The molecule has 2 heterocycles. The lowest BCUT2D eigenvalue weighted by Crippen LogP contribution is -2.29. The Balaban J connectivity index is 1.74. The zero-order valence-corrected chi connectivity index (χ0v) is 23.8. The first-order valence-corrected chi connectivity index (χ1v) is 14.4. The molecule has 3 unspecified atom stereocenters. The molecule has 1 aromatic carbocycles. The van der Waals surface area contributed by atoms with Gasteiger partial charge in [-0.2, -0.15) is 9.97 Å². The fraction of sp³-hybridized carbons (Fsp3) is 0.520. The molecular formula is C25H37N6O8P. The molecule has 220 valence electrons. The predicted molar refractivity (Wildman–Crippen MR) is 147 cm³/mol. The van der Waals surface area contributed by atoms with E-state index in [1.54, 1.807) is 41.2 Å². The first-order valence-electron chi connectivity index (χ1n) is 12.9. The monoisotopic (exact) mass is 580 g/mol. The normalized spacial score (nSPS) is 14.4. The summed E-state index contributed by atoms with van der Waals surface area (Å²) in [5.74, 6) is -0.0440. The number of esters is 1. The van der Waals surface area contributed by atoms with Gasteiger partial charge in [0.15, 0.2) is 11.2 Å². The van der Waals surface area contributed by atoms with Gasteiger partial charge in [0.1, 0.15) is 12.3 Å². The molecule has 3 aromatic rings. The fourth-order valence-corrected chi connectivity index (χ4v) is 5.11. The van der Waals surface area contributed by atoms with Crippen LogP contribution in [0.5, 0.6) is 11.6 Å². The summed E-state index contributed by atoms with van der Waals surface area (Å²) in [7, 11) is -1.09. The standard InChI is InChI=1S/C25H37N6O8P/c1-4-5-13-37-21(33)15-28-40(34,39-19-9-7-6-8-10-19)38-16-20(35-2)14-18(11-12-32)31-17-27-22-23(31)29-25(26)30-24(22)36-3/h6-10,17-18,20,32H,4-5,11-16H2,1-3H3,(H,28,34)(H2,26,29,30). The van der Waals surface area contributed by atoms with Crippen LogP contribution in [0.2, 0.25) is 0 Å². The number of unbranched alkanes of at least 4 members (excludes halogenated alkanes) is 1. The van der Waals surface area contributed by atoms with E-state index in [-0.39, 0.29) is 44.2 Å². The van der Waals surface area contributed by atoms with E-state index in [0.717, 1.165) is 12.8 Å². The Morgan fingerprint density at radius 2 is 2.00 bits per heavy atom. The van der Waals surface area contributed by atoms with Crippen LogP contribution >= 0.6 is 7.75 Å². The lowest BCUT2D eigenvalue weighted by molar-refractivity contribution is -0.142. The van der Waals surface area contributed by atoms with Gasteiger partial charge in [0, 0.05) is 19.8 Å². The highest BCUT2D eigenvalue weighted by Crippen LogP contribution is 2.44. The van der Waals surface area contributed by atoms with Crippen LogP contribution in [0, 0.1) is 0 Å². The number of carbonyl (C=O) groups is 1. The Bertz CT molecular complexity index is 1260. The molecule has 15 heteroatoms. The zero-order valence-electron chi connectivity index (χ0n) is 22.9. The van der Waals surface area contributed by atoms with Crippen molar-refractivity contribution in [2.45, 2.75) is 44.8 Å². The molecule has 0 aliphatic rings. The number of anilines is 1. The van der Waals surface area contributed by atoms with Gasteiger partial charge < -0.3 is 34.1 Å². The third-order valence-corrected chi connectivity index (χ3v) is 7.39. The van der Waals surface area contributed by atoms with Crippen molar-refractivity contribution in [2.24, 2.45) is 0 Å². The first kappa shape index (κ1) is 31.2. The van der Waals surface area contributed by atoms with Crippen molar-refractivity contribution in [2.75, 3.05) is 46.3 Å². The minimum Gasteiger partial charge on any atom is -0.479 e. The van der Waals surface area contributed by atoms with Crippen molar-refractivity contribution in [3.8, 4) is 11.6 Å². The molecule has 0 bridgehead atoms. The van der Waals surface area contributed by atoms with Crippen molar-refractivity contribution in [3.63, 3.8) is 0 Å². The van der Waals surface area contributed by atoms with E-state index in [1.807, 2.05) is 6.92 Å². The van der Waals surface area contributed by atoms with Gasteiger partial charge in [0.05, 0.1) is 32.8 Å². The van der Waals surface area contributed by atoms with Gasteiger partial charge in [-0.1, -0.05) is 31.5 Å². The Morgan fingerprint density at radius 3 is 2.67 bits per heavy atom. The second-order valence-electron chi connectivity index (χ2n) is 8.78. The maximum atomic E-state index is 13.6. The summed E-state index contributed by atoms with van der Waals surface area (Å²) in [5.41, 5.74) is 6.70. The average Bonchev–Trinajstić information content (AvgIpc) is 3.37. The van der Waals surface area contributed by atoms with E-state index in [4.69, 9.17) is 29.0 Å². The molecular weight excluding hydrogens is 543 g/mol. The molecule has 3 rings (SSSR count). The number of imidazole rings is 1. The lowest BCUT2D eigenvalue weighted by Gasteiger charge is -2.26. The number of fused-ring (bicyclic) bond motifs is 1. The highest BCUT2D eigenvalue weighted by molar-refractivity contribution is 7.52. The van der Waals surface area contributed by atoms with Crippen LogP contribution in [0.15, 0.2) is 36.7 Å². The summed E-state index contributed by atoms with van der Waals surface area (Å²) in [5, 5.41) is 12.3. The van der Waals surface area contributed by atoms with Crippen molar-refractivity contribution < 1.29 is 37.7 Å². The summed E-state index contributed by atoms with van der Waals surface area (Å²) >= 11 is 0. The molecule has 0 aliphatic heterocycles. The molecule has 2 aromatic heterocycles. The van der Waals surface area contributed by atoms with Crippen molar-refractivity contribution in [3.05, 3.63) is 36.7 Å². The van der Waals surface area contributed by atoms with Crippen molar-refractivity contribution >= 4 is 30.8 Å². The maximum Gasteiger partial charge on any atom is 0.459 e. The Hall–Kier alpha value is -3.29. The van der Waals surface area contributed by atoms with Gasteiger partial charge in [-0.25, -0.2) is 14.6 Å². The Labute approximate surface area is 232 Å². The highest BCUT2D eigenvalue weighted by Gasteiger charge is 2.30. The molecule has 0 spiro atoms. The number of nitrogen functional groups attached to an aromatic ring is 1. The minimum atomic E-state index is -4.03. The van der Waals surface area contributed by atoms with Crippen LogP contribution in [0.1, 0.15) is 38.6 Å². The maximum absolute atomic E-state index is 13.6. The zero-order chi connectivity index (χ0) is 29.0. The predicted octanol–water partition coefficient (Wildman–Crippen LogP) is 2.88. The van der Waals surface area contributed by atoms with Gasteiger partial charge in [0.2, 0.25) is 11.8 Å². The third kappa shape index (κ3) is 8.86. The fourth-order valence-electron chi connectivity index (χ4n) is 3.82. The number of ether oxygens (including phenoxy) is 3. The second kappa shape index (κ2) is 15.5. The number of hydrogen-bond donors (Lipinski definition) is 3. The largest absolute Gasteiger partial charge is 0.479 e. The van der Waals surface area contributed by atoms with Gasteiger partial charge >= 0.3 is 13.7 Å². The number of methoxy groups -OCH3 is 2. The summed E-state index contributed by atoms with van der Waals surface area (Å²) < 4.78 is 42.8. The topological polar surface area (TPSA) is 182 Å². The van der Waals surface area contributed by atoms with E-state index in [1.165, 1.54) is 14.2 Å². The summed E-state index contributed by atoms with van der Waals surface area (Å²) in [6, 6.07) is 8.11. The summed E-state index contributed by atoms with van der Waals surface area (Å²) in [4.78, 5) is 24.8. The van der Waals surface area contributed by atoms with E-state index in [9.17, 15) is 14.5 Å². The number of carbonyl (C=O) groups excluding carboxylic acids is 1. The second-order valence-corrected chi connectivity index (χ2v) is 10.5. The SMILES string of the molecule is CCCCOC(=O)CNP(=O)(OCC(CC(CCO)n1cnc2c(OC)nc(N)nc21)OC)Oc1ccccc1. The number of nitrogens with two attached hydrogens (primary N) is 1. The first-order chi connectivity index (χ1) is 19.3. The molecule has 0 saturated carbocycles. The lowest BCUT2D eigenvalue weighted by atomic mass is 10.1. The number of hydrogen-bond acceptors (Lipinski definition) is 12. The Morgan fingerprint density at radius 1 is 1.23 bits per heavy atom. The quantitative estimate of drug-likeness (QED) is 0.114. The number of para-hydroxylation sites is 1. The van der Waals surface area contributed by atoms with E-state index in [2.05, 4.69) is 20.0 Å². The smallest absolute Gasteiger partial charge is 0.459 e. The number of aliphatic hydroxyl groups is 1. The van der Waals surface area contributed by atoms with E-state index < -0.39 is 19.8 Å². The van der Waals surface area contributed by atoms with Crippen LogP contribution < -0.4 is 20.1 Å². The van der Waals surface area contributed by atoms with Crippen LogP contribution in [0.3, 0.4) is 0 Å². The molecule has 0 fully saturated rings. The summed E-state index contributed by atoms with van der Waals surface area (Å²) in [6.45, 7) is 1.59. The van der Waals surface area contributed by atoms with E-state index in [0.29, 0.717) is 29.8 Å². The van der Waals surface area contributed by atoms with Crippen LogP contribution in [0.25, 0.3) is 11.2 Å². The van der Waals surface area contributed by atoms with Crippen LogP contribution in [0.4, 0.5) is 5.95 Å². The van der Waals surface area contributed by atoms with Gasteiger partial charge in [-0.3, -0.25) is 9.32 Å². The number of nitrogens with zero attached hydrogens (tertiary/aromatic N) is 4. The Kier molecular flexibility index (Phi) is 12.1. The molecule has 0 saturated heterocycles. The third-order valence-electron chi connectivity index (χ3n) is 5.90. The molecule has 0 radical (unpaired) electrons. The van der Waals surface area contributed by atoms with Crippen molar-refractivity contribution in [1.29, 1.82) is 0 Å². The molecule has 40 heavy (non-hydrogen) atoms.